The first-order valence-corrected chi connectivity index (χ1v) is 9.06. The second-order valence-corrected chi connectivity index (χ2v) is 7.09. The van der Waals surface area contributed by atoms with Crippen LogP contribution in [0.2, 0.25) is 10.0 Å². The third kappa shape index (κ3) is 3.28. The number of fused-ring (bicyclic) bond motifs is 1. The van der Waals surface area contributed by atoms with E-state index in [-0.39, 0.29) is 11.9 Å². The van der Waals surface area contributed by atoms with Crippen LogP contribution < -0.4 is 10.2 Å². The summed E-state index contributed by atoms with van der Waals surface area (Å²) in [5, 5.41) is 4.24. The van der Waals surface area contributed by atoms with Crippen molar-refractivity contribution in [3.05, 3.63) is 94.0 Å². The molecular weight excluding hydrogens is 367 g/mol. The minimum absolute atomic E-state index is 0.0980. The van der Waals surface area contributed by atoms with Crippen LogP contribution in [0.1, 0.15) is 17.0 Å². The topological polar surface area (TPSA) is 32.3 Å². The van der Waals surface area contributed by atoms with Crippen LogP contribution in [-0.4, -0.2) is 12.6 Å². The molecule has 26 heavy (non-hydrogen) atoms. The van der Waals surface area contributed by atoms with Crippen LogP contribution in [0.3, 0.4) is 0 Å². The van der Waals surface area contributed by atoms with E-state index >= 15 is 0 Å². The molecule has 0 fully saturated rings. The van der Waals surface area contributed by atoms with E-state index in [2.05, 4.69) is 17.4 Å². The largest absolute Gasteiger partial charge is 0.326 e. The Morgan fingerprint density at radius 2 is 1.62 bits per heavy atom. The highest BCUT2D eigenvalue weighted by Gasteiger charge is 2.33. The zero-order valence-corrected chi connectivity index (χ0v) is 15.3. The lowest BCUT2D eigenvalue weighted by Gasteiger charge is -2.19. The van der Waals surface area contributed by atoms with Gasteiger partial charge in [-0.2, -0.15) is 0 Å². The van der Waals surface area contributed by atoms with Crippen LogP contribution in [0.4, 0.5) is 16.2 Å². The molecule has 4 rings (SSSR count). The molecule has 5 heteroatoms. The number of halogens is 2. The summed E-state index contributed by atoms with van der Waals surface area (Å²) >= 11 is 12.1. The smallest absolute Gasteiger partial charge is 0.308 e. The summed E-state index contributed by atoms with van der Waals surface area (Å²) in [6, 6.07) is 22.7. The molecule has 1 unspecified atom stereocenters. The second-order valence-electron chi connectivity index (χ2n) is 6.21. The van der Waals surface area contributed by atoms with Gasteiger partial charge < -0.3 is 5.32 Å². The van der Waals surface area contributed by atoms with E-state index < -0.39 is 0 Å². The van der Waals surface area contributed by atoms with E-state index in [9.17, 15) is 4.79 Å². The lowest BCUT2D eigenvalue weighted by atomic mass is 9.93. The molecule has 0 bridgehead atoms. The SMILES string of the molecule is O=C(Nc1ccc(Cl)cc1)N1CC(c2ccccc2)c2cc(Cl)ccc21. The highest BCUT2D eigenvalue weighted by molar-refractivity contribution is 6.31. The molecule has 1 heterocycles. The van der Waals surface area contributed by atoms with Gasteiger partial charge in [0.15, 0.2) is 0 Å². The fourth-order valence-corrected chi connectivity index (χ4v) is 3.62. The van der Waals surface area contributed by atoms with Crippen LogP contribution in [-0.2, 0) is 0 Å². The van der Waals surface area contributed by atoms with E-state index in [1.807, 2.05) is 36.4 Å². The maximum atomic E-state index is 12.9. The van der Waals surface area contributed by atoms with Gasteiger partial charge in [0.05, 0.1) is 0 Å². The van der Waals surface area contributed by atoms with Gasteiger partial charge in [0.1, 0.15) is 0 Å². The quantitative estimate of drug-likeness (QED) is 0.563. The number of rotatable bonds is 2. The van der Waals surface area contributed by atoms with Gasteiger partial charge >= 0.3 is 6.03 Å². The van der Waals surface area contributed by atoms with E-state index in [1.165, 1.54) is 0 Å². The van der Waals surface area contributed by atoms with Crippen molar-refractivity contribution in [1.29, 1.82) is 0 Å². The fourth-order valence-electron chi connectivity index (χ4n) is 3.32. The zero-order valence-electron chi connectivity index (χ0n) is 13.8. The summed E-state index contributed by atoms with van der Waals surface area (Å²) in [7, 11) is 0. The monoisotopic (exact) mass is 382 g/mol. The molecule has 3 nitrogen and oxygen atoms in total. The molecule has 0 saturated carbocycles. The Balaban J connectivity index is 1.65. The van der Waals surface area contributed by atoms with Crippen molar-refractivity contribution >= 4 is 40.6 Å². The van der Waals surface area contributed by atoms with E-state index in [0.717, 1.165) is 16.8 Å². The van der Waals surface area contributed by atoms with E-state index in [1.54, 1.807) is 29.2 Å². The predicted molar refractivity (Wildman–Crippen MR) is 108 cm³/mol. The Morgan fingerprint density at radius 1 is 0.923 bits per heavy atom. The second kappa shape index (κ2) is 7.02. The average Bonchev–Trinajstić information content (AvgIpc) is 3.03. The Labute approximate surface area is 162 Å². The molecule has 0 spiro atoms. The number of amides is 2. The number of urea groups is 1. The molecule has 3 aromatic carbocycles. The first kappa shape index (κ1) is 17.0. The normalized spacial score (nSPS) is 15.6. The van der Waals surface area contributed by atoms with Gasteiger partial charge in [-0.15, -0.1) is 0 Å². The maximum absolute atomic E-state index is 12.9. The number of carbonyl (C=O) groups is 1. The summed E-state index contributed by atoms with van der Waals surface area (Å²) in [6.45, 7) is 0.569. The molecule has 1 aliphatic rings. The highest BCUT2D eigenvalue weighted by Crippen LogP contribution is 2.41. The lowest BCUT2D eigenvalue weighted by Crippen LogP contribution is -2.34. The number of hydrogen-bond acceptors (Lipinski definition) is 1. The van der Waals surface area contributed by atoms with Crippen molar-refractivity contribution < 1.29 is 4.79 Å². The van der Waals surface area contributed by atoms with Gasteiger partial charge in [0.2, 0.25) is 0 Å². The van der Waals surface area contributed by atoms with E-state index in [4.69, 9.17) is 23.2 Å². The van der Waals surface area contributed by atoms with Crippen LogP contribution >= 0.6 is 23.2 Å². The minimum atomic E-state index is -0.172. The number of nitrogens with one attached hydrogen (secondary N) is 1. The summed E-state index contributed by atoms with van der Waals surface area (Å²) in [6.07, 6.45) is 0. The Morgan fingerprint density at radius 3 is 2.35 bits per heavy atom. The Kier molecular flexibility index (Phi) is 4.58. The van der Waals surface area contributed by atoms with Gasteiger partial charge in [-0.3, -0.25) is 4.90 Å². The van der Waals surface area contributed by atoms with Crippen LogP contribution in [0.5, 0.6) is 0 Å². The average molecular weight is 383 g/mol. The number of benzene rings is 3. The van der Waals surface area contributed by atoms with Gasteiger partial charge in [0.25, 0.3) is 0 Å². The molecular formula is C21H16Cl2N2O. The third-order valence-corrected chi connectivity index (χ3v) is 5.05. The predicted octanol–water partition coefficient (Wildman–Crippen LogP) is 6.18. The molecule has 2 amide bonds. The number of hydrogen-bond donors (Lipinski definition) is 1. The summed E-state index contributed by atoms with van der Waals surface area (Å²) in [5.41, 5.74) is 3.82. The number of nitrogens with zero attached hydrogens (tertiary/aromatic N) is 1. The molecule has 3 aromatic rings. The van der Waals surface area contributed by atoms with Crippen molar-refractivity contribution in [2.75, 3.05) is 16.8 Å². The van der Waals surface area contributed by atoms with E-state index in [0.29, 0.717) is 22.3 Å². The summed E-state index contributed by atoms with van der Waals surface area (Å²) in [4.78, 5) is 14.6. The molecule has 130 valence electrons. The molecule has 0 aromatic heterocycles. The third-order valence-electron chi connectivity index (χ3n) is 4.56. The maximum Gasteiger partial charge on any atom is 0.326 e. The van der Waals surface area contributed by atoms with Gasteiger partial charge in [-0.1, -0.05) is 53.5 Å². The molecule has 0 aliphatic carbocycles. The minimum Gasteiger partial charge on any atom is -0.308 e. The van der Waals surface area contributed by atoms with Gasteiger partial charge in [-0.25, -0.2) is 4.79 Å². The van der Waals surface area contributed by atoms with Crippen molar-refractivity contribution in [2.24, 2.45) is 0 Å². The number of anilines is 2. The van der Waals surface area contributed by atoms with Crippen molar-refractivity contribution in [3.8, 4) is 0 Å². The van der Waals surface area contributed by atoms with Gasteiger partial charge in [-0.05, 0) is 53.6 Å². The van der Waals surface area contributed by atoms with Crippen molar-refractivity contribution in [2.45, 2.75) is 5.92 Å². The van der Waals surface area contributed by atoms with Crippen LogP contribution in [0.15, 0.2) is 72.8 Å². The highest BCUT2D eigenvalue weighted by atomic mass is 35.5. The van der Waals surface area contributed by atoms with Crippen LogP contribution in [0, 0.1) is 0 Å². The zero-order chi connectivity index (χ0) is 18.1. The summed E-state index contributed by atoms with van der Waals surface area (Å²) in [5.74, 6) is 0.0980. The van der Waals surface area contributed by atoms with Crippen LogP contribution in [0.25, 0.3) is 0 Å². The van der Waals surface area contributed by atoms with Crippen molar-refractivity contribution in [3.63, 3.8) is 0 Å². The fraction of sp³-hybridized carbons (Fsp3) is 0.0952. The molecule has 1 N–H and O–H groups in total. The molecule has 0 radical (unpaired) electrons. The van der Waals surface area contributed by atoms with Crippen molar-refractivity contribution in [1.82, 2.24) is 0 Å². The Bertz CT molecular complexity index is 942. The molecule has 1 aliphatic heterocycles. The molecule has 1 atom stereocenters. The summed E-state index contributed by atoms with van der Waals surface area (Å²) < 4.78 is 0. The number of carbonyl (C=O) groups excluding carboxylic acids is 1. The Hall–Kier alpha value is -2.49. The molecule has 0 saturated heterocycles. The van der Waals surface area contributed by atoms with Gasteiger partial charge in [0, 0.05) is 33.9 Å². The standard InChI is InChI=1S/C21H16Cl2N2O/c22-15-6-9-17(10-7-15)24-21(26)25-13-19(14-4-2-1-3-5-14)18-12-16(23)8-11-20(18)25/h1-12,19H,13H2,(H,24,26). The first-order valence-electron chi connectivity index (χ1n) is 8.30. The lowest BCUT2D eigenvalue weighted by molar-refractivity contribution is 0.257. The first-order chi connectivity index (χ1) is 12.6.